The van der Waals surface area contributed by atoms with Crippen LogP contribution in [0.15, 0.2) is 84.1 Å². The third-order valence-electron chi connectivity index (χ3n) is 7.06. The highest BCUT2D eigenvalue weighted by atomic mass is 19.1. The molecule has 1 heterocycles. The lowest BCUT2D eigenvalue weighted by Gasteiger charge is -2.35. The molecule has 3 aromatic carbocycles. The van der Waals surface area contributed by atoms with Crippen molar-refractivity contribution in [3.05, 3.63) is 101 Å². The zero-order chi connectivity index (χ0) is 26.8. The Balaban J connectivity index is 1.68. The second kappa shape index (κ2) is 10.5. The number of carboxylic acids is 1. The predicted molar refractivity (Wildman–Crippen MR) is 141 cm³/mol. The van der Waals surface area contributed by atoms with Gasteiger partial charge in [-0.3, -0.25) is 19.3 Å². The van der Waals surface area contributed by atoms with Gasteiger partial charge in [-0.1, -0.05) is 36.4 Å². The number of carbonyl (C=O) groups excluding carboxylic acids is 2. The van der Waals surface area contributed by atoms with Crippen molar-refractivity contribution in [3.63, 3.8) is 0 Å². The van der Waals surface area contributed by atoms with Crippen molar-refractivity contribution < 1.29 is 28.6 Å². The summed E-state index contributed by atoms with van der Waals surface area (Å²) in [4.78, 5) is 40.5. The molecular formula is C30H27FN2O5. The minimum absolute atomic E-state index is 0.135. The molecule has 0 fully saturated rings. The number of aliphatic carboxylic acids is 1. The van der Waals surface area contributed by atoms with Gasteiger partial charge in [-0.2, -0.15) is 0 Å². The molecule has 0 saturated heterocycles. The van der Waals surface area contributed by atoms with E-state index >= 15 is 0 Å². The van der Waals surface area contributed by atoms with Gasteiger partial charge >= 0.3 is 5.97 Å². The SMILES string of the molecule is COc1cccc([C@H]2C3=C(C[C@@H](c4ccc(F)cc4)CC3=O)Nc3ccccc3N2C(=O)CCC(=O)O)c1. The Morgan fingerprint density at radius 2 is 1.76 bits per heavy atom. The minimum atomic E-state index is -1.08. The van der Waals surface area contributed by atoms with E-state index in [9.17, 15) is 23.9 Å². The van der Waals surface area contributed by atoms with Crippen LogP contribution in [0, 0.1) is 5.82 Å². The van der Waals surface area contributed by atoms with Gasteiger partial charge in [0.25, 0.3) is 0 Å². The Bertz CT molecular complexity index is 1430. The van der Waals surface area contributed by atoms with Crippen LogP contribution in [0.3, 0.4) is 0 Å². The van der Waals surface area contributed by atoms with Crippen LogP contribution in [-0.2, 0) is 14.4 Å². The van der Waals surface area contributed by atoms with E-state index in [-0.39, 0.29) is 36.8 Å². The number of allylic oxidation sites excluding steroid dienone is 1. The number of ketones is 1. The number of carboxylic acid groups (broad SMARTS) is 1. The van der Waals surface area contributed by atoms with Crippen LogP contribution >= 0.6 is 0 Å². The number of ether oxygens (including phenoxy) is 1. The van der Waals surface area contributed by atoms with Crippen molar-refractivity contribution in [1.82, 2.24) is 0 Å². The van der Waals surface area contributed by atoms with E-state index in [2.05, 4.69) is 5.32 Å². The fourth-order valence-electron chi connectivity index (χ4n) is 5.30. The molecule has 0 saturated carbocycles. The number of nitrogens with zero attached hydrogens (tertiary/aromatic N) is 1. The molecule has 1 aliphatic carbocycles. The van der Waals surface area contributed by atoms with Crippen LogP contribution in [0.25, 0.3) is 0 Å². The molecule has 0 radical (unpaired) electrons. The number of hydrogen-bond donors (Lipinski definition) is 2. The normalized spacial score (nSPS) is 18.7. The largest absolute Gasteiger partial charge is 0.497 e. The first-order valence-electron chi connectivity index (χ1n) is 12.4. The number of halogens is 1. The Labute approximate surface area is 219 Å². The molecule has 3 aromatic rings. The number of carbonyl (C=O) groups is 3. The number of benzene rings is 3. The Morgan fingerprint density at radius 1 is 1.00 bits per heavy atom. The lowest BCUT2D eigenvalue weighted by atomic mass is 9.78. The molecule has 8 heteroatoms. The maximum Gasteiger partial charge on any atom is 0.303 e. The minimum Gasteiger partial charge on any atom is -0.497 e. The van der Waals surface area contributed by atoms with Crippen molar-refractivity contribution in [2.24, 2.45) is 0 Å². The van der Waals surface area contributed by atoms with Crippen LogP contribution < -0.4 is 15.0 Å². The highest BCUT2D eigenvalue weighted by molar-refractivity contribution is 6.06. The molecule has 2 aliphatic rings. The number of hydrogen-bond acceptors (Lipinski definition) is 5. The smallest absolute Gasteiger partial charge is 0.303 e. The van der Waals surface area contributed by atoms with Crippen molar-refractivity contribution in [3.8, 4) is 5.75 Å². The van der Waals surface area contributed by atoms with Crippen LogP contribution in [-0.4, -0.2) is 29.9 Å². The van der Waals surface area contributed by atoms with E-state index in [1.807, 2.05) is 18.2 Å². The number of nitrogens with one attached hydrogen (secondary N) is 1. The van der Waals surface area contributed by atoms with Crippen molar-refractivity contribution >= 4 is 29.0 Å². The van der Waals surface area contributed by atoms with Crippen LogP contribution in [0.1, 0.15) is 48.8 Å². The number of amides is 1. The summed E-state index contributed by atoms with van der Waals surface area (Å²) in [6.07, 6.45) is 0.125. The summed E-state index contributed by atoms with van der Waals surface area (Å²) in [6, 6.07) is 19.8. The number of Topliss-reactive ketones (excluding diaryl/α,β-unsaturated/α-hetero) is 1. The monoisotopic (exact) mass is 514 g/mol. The fraction of sp³-hybridized carbons (Fsp3) is 0.233. The van der Waals surface area contributed by atoms with Gasteiger partial charge in [0.15, 0.2) is 5.78 Å². The highest BCUT2D eigenvalue weighted by Gasteiger charge is 2.41. The molecule has 194 valence electrons. The highest BCUT2D eigenvalue weighted by Crippen LogP contribution is 2.48. The molecule has 0 spiro atoms. The molecule has 1 amide bonds. The Hall–Kier alpha value is -4.46. The summed E-state index contributed by atoms with van der Waals surface area (Å²) < 4.78 is 19.0. The molecule has 38 heavy (non-hydrogen) atoms. The van der Waals surface area contributed by atoms with Crippen LogP contribution in [0.4, 0.5) is 15.8 Å². The average Bonchev–Trinajstić information content (AvgIpc) is 3.07. The first-order chi connectivity index (χ1) is 18.4. The van der Waals surface area contributed by atoms with Gasteiger partial charge in [0.2, 0.25) is 5.91 Å². The van der Waals surface area contributed by atoms with Gasteiger partial charge in [-0.15, -0.1) is 0 Å². The van der Waals surface area contributed by atoms with E-state index in [0.717, 1.165) is 5.56 Å². The van der Waals surface area contributed by atoms with E-state index in [4.69, 9.17) is 4.74 Å². The van der Waals surface area contributed by atoms with Gasteiger partial charge in [-0.25, -0.2) is 4.39 Å². The lowest BCUT2D eigenvalue weighted by molar-refractivity contribution is -0.138. The molecule has 1 aliphatic heterocycles. The quantitative estimate of drug-likeness (QED) is 0.445. The number of fused-ring (bicyclic) bond motifs is 1. The molecule has 5 rings (SSSR count). The molecular weight excluding hydrogens is 487 g/mol. The van der Waals surface area contributed by atoms with E-state index in [1.54, 1.807) is 54.5 Å². The number of methoxy groups -OCH3 is 1. The molecule has 0 unspecified atom stereocenters. The van der Waals surface area contributed by atoms with Crippen molar-refractivity contribution in [2.45, 2.75) is 37.6 Å². The topological polar surface area (TPSA) is 95.9 Å². The zero-order valence-corrected chi connectivity index (χ0v) is 20.8. The Morgan fingerprint density at radius 3 is 2.50 bits per heavy atom. The number of anilines is 2. The summed E-state index contributed by atoms with van der Waals surface area (Å²) in [5.41, 5.74) is 3.87. The third-order valence-corrected chi connectivity index (χ3v) is 7.06. The van der Waals surface area contributed by atoms with Gasteiger partial charge in [0, 0.05) is 24.1 Å². The Kier molecular flexibility index (Phi) is 6.96. The summed E-state index contributed by atoms with van der Waals surface area (Å²) in [5, 5.41) is 12.7. The maximum absolute atomic E-state index is 13.9. The molecule has 2 N–H and O–H groups in total. The van der Waals surface area contributed by atoms with Gasteiger partial charge in [0.1, 0.15) is 11.6 Å². The predicted octanol–water partition coefficient (Wildman–Crippen LogP) is 5.60. The first-order valence-corrected chi connectivity index (χ1v) is 12.4. The number of para-hydroxylation sites is 2. The summed E-state index contributed by atoms with van der Waals surface area (Å²) >= 11 is 0. The molecule has 0 bridgehead atoms. The van der Waals surface area contributed by atoms with Gasteiger partial charge < -0.3 is 15.2 Å². The average molecular weight is 515 g/mol. The van der Waals surface area contributed by atoms with Crippen molar-refractivity contribution in [2.75, 3.05) is 17.3 Å². The van der Waals surface area contributed by atoms with Crippen molar-refractivity contribution in [1.29, 1.82) is 0 Å². The van der Waals surface area contributed by atoms with Gasteiger partial charge in [0.05, 0.1) is 30.9 Å². The second-order valence-electron chi connectivity index (χ2n) is 9.45. The molecule has 2 atom stereocenters. The standard InChI is InChI=1S/C30H27FN2O5/c1-38-22-6-4-5-19(15-22)30-29-24(16-20(17-26(29)34)18-9-11-21(31)12-10-18)32-23-7-2-3-8-25(23)33(30)27(35)13-14-28(36)37/h2-12,15,20,30,32H,13-14,16-17H2,1H3,(H,36,37)/t20-,30+/m1/s1. The van der Waals surface area contributed by atoms with Crippen LogP contribution in [0.2, 0.25) is 0 Å². The summed E-state index contributed by atoms with van der Waals surface area (Å²) in [6.45, 7) is 0. The molecule has 0 aromatic heterocycles. The zero-order valence-electron chi connectivity index (χ0n) is 20.8. The van der Waals surface area contributed by atoms with Crippen LogP contribution in [0.5, 0.6) is 5.75 Å². The van der Waals surface area contributed by atoms with E-state index < -0.39 is 17.9 Å². The summed E-state index contributed by atoms with van der Waals surface area (Å²) in [7, 11) is 1.54. The third kappa shape index (κ3) is 4.89. The maximum atomic E-state index is 13.9. The summed E-state index contributed by atoms with van der Waals surface area (Å²) in [5.74, 6) is -1.55. The van der Waals surface area contributed by atoms with E-state index in [0.29, 0.717) is 40.4 Å². The fourth-order valence-corrected chi connectivity index (χ4v) is 5.30. The lowest BCUT2D eigenvalue weighted by Crippen LogP contribution is -2.38. The first kappa shape index (κ1) is 25.2. The second-order valence-corrected chi connectivity index (χ2v) is 9.45. The van der Waals surface area contributed by atoms with E-state index in [1.165, 1.54) is 12.1 Å². The molecule has 7 nitrogen and oxygen atoms in total. The number of rotatable bonds is 6. The van der Waals surface area contributed by atoms with Gasteiger partial charge in [-0.05, 0) is 59.9 Å².